The van der Waals surface area contributed by atoms with Crippen molar-refractivity contribution in [1.29, 1.82) is 0 Å². The molecular weight excluding hydrogens is 655 g/mol. The van der Waals surface area contributed by atoms with Crippen molar-refractivity contribution in [3.63, 3.8) is 0 Å². The smallest absolute Gasteiger partial charge is 0.220 e. The number of hydrogen-bond donors (Lipinski definition) is 4. The van der Waals surface area contributed by atoms with E-state index >= 15 is 0 Å². The van der Waals surface area contributed by atoms with Crippen molar-refractivity contribution in [2.75, 3.05) is 6.61 Å². The van der Waals surface area contributed by atoms with E-state index in [-0.39, 0.29) is 12.5 Å². The van der Waals surface area contributed by atoms with Gasteiger partial charge >= 0.3 is 0 Å². The highest BCUT2D eigenvalue weighted by Crippen LogP contribution is 2.17. The maximum Gasteiger partial charge on any atom is 0.220 e. The Morgan fingerprint density at radius 2 is 0.755 bits per heavy atom. The second-order valence-electron chi connectivity index (χ2n) is 16.7. The third kappa shape index (κ3) is 39.1. The summed E-state index contributed by atoms with van der Waals surface area (Å²) in [4.78, 5) is 12.4. The Bertz CT molecular complexity index is 743. The lowest BCUT2D eigenvalue weighted by Gasteiger charge is -2.26. The fraction of sp³-hybridized carbons (Fsp3) is 0.938. The molecule has 5 heteroatoms. The molecule has 0 bridgehead atoms. The van der Waals surface area contributed by atoms with Crippen LogP contribution in [0.5, 0.6) is 0 Å². The number of aliphatic hydroxyl groups excluding tert-OH is 3. The van der Waals surface area contributed by atoms with Gasteiger partial charge in [0.15, 0.2) is 0 Å². The molecule has 4 N–H and O–H groups in total. The normalized spacial score (nSPS) is 13.5. The van der Waals surface area contributed by atoms with Gasteiger partial charge < -0.3 is 20.6 Å². The monoisotopic (exact) mass is 750 g/mol. The van der Waals surface area contributed by atoms with Crippen LogP contribution in [-0.2, 0) is 4.79 Å². The van der Waals surface area contributed by atoms with E-state index in [9.17, 15) is 20.1 Å². The van der Waals surface area contributed by atoms with Crippen molar-refractivity contribution >= 4 is 5.91 Å². The third-order valence-corrected chi connectivity index (χ3v) is 11.4. The number of hydrogen-bond acceptors (Lipinski definition) is 4. The van der Waals surface area contributed by atoms with Crippen molar-refractivity contribution in [1.82, 2.24) is 5.32 Å². The zero-order valence-electron chi connectivity index (χ0n) is 35.9. The summed E-state index contributed by atoms with van der Waals surface area (Å²) in [5.74, 6) is -0.144. The quantitative estimate of drug-likeness (QED) is 0.0369. The molecule has 0 saturated heterocycles. The first-order valence-corrected chi connectivity index (χ1v) is 24.0. The molecule has 0 spiro atoms. The average molecular weight is 750 g/mol. The van der Waals surface area contributed by atoms with Gasteiger partial charge in [0, 0.05) is 6.42 Å². The SMILES string of the molecule is CCCCCCCCCCCCCC/C=C\CCCCCCCCCCCCCCCCCC(=O)NC(CO)C(O)C(O)CCCCCCCCCC. The first-order chi connectivity index (χ1) is 26.1. The predicted molar refractivity (Wildman–Crippen MR) is 232 cm³/mol. The Morgan fingerprint density at radius 1 is 0.453 bits per heavy atom. The van der Waals surface area contributed by atoms with E-state index < -0.39 is 18.2 Å². The van der Waals surface area contributed by atoms with E-state index in [1.54, 1.807) is 0 Å². The van der Waals surface area contributed by atoms with Crippen LogP contribution in [0.25, 0.3) is 0 Å². The highest BCUT2D eigenvalue weighted by molar-refractivity contribution is 5.76. The molecule has 0 aliphatic rings. The maximum absolute atomic E-state index is 12.4. The van der Waals surface area contributed by atoms with Crippen molar-refractivity contribution in [2.45, 2.75) is 283 Å². The van der Waals surface area contributed by atoms with E-state index in [0.717, 1.165) is 38.5 Å². The Kier molecular flexibility index (Phi) is 43.1. The molecule has 53 heavy (non-hydrogen) atoms. The van der Waals surface area contributed by atoms with E-state index in [1.807, 2.05) is 0 Å². The van der Waals surface area contributed by atoms with E-state index in [2.05, 4.69) is 31.3 Å². The number of amides is 1. The minimum Gasteiger partial charge on any atom is -0.394 e. The number of carbonyl (C=O) groups excluding carboxylic acids is 1. The van der Waals surface area contributed by atoms with Gasteiger partial charge in [-0.3, -0.25) is 4.79 Å². The topological polar surface area (TPSA) is 89.8 Å². The van der Waals surface area contributed by atoms with Crippen LogP contribution in [0.4, 0.5) is 0 Å². The number of nitrogens with one attached hydrogen (secondary N) is 1. The van der Waals surface area contributed by atoms with Crippen molar-refractivity contribution in [3.05, 3.63) is 12.2 Å². The molecular formula is C48H95NO4. The van der Waals surface area contributed by atoms with Gasteiger partial charge in [-0.05, 0) is 38.5 Å². The van der Waals surface area contributed by atoms with Crippen LogP contribution in [-0.4, -0.2) is 46.1 Å². The summed E-state index contributed by atoms with van der Waals surface area (Å²) in [5, 5.41) is 33.3. The van der Waals surface area contributed by atoms with Crippen molar-refractivity contribution in [2.24, 2.45) is 0 Å². The summed E-state index contributed by atoms with van der Waals surface area (Å²) < 4.78 is 0. The second-order valence-corrected chi connectivity index (χ2v) is 16.7. The fourth-order valence-electron chi connectivity index (χ4n) is 7.63. The number of carbonyl (C=O) groups is 1. The molecule has 0 aromatic heterocycles. The Morgan fingerprint density at radius 3 is 1.09 bits per heavy atom. The van der Waals surface area contributed by atoms with Crippen LogP contribution < -0.4 is 5.32 Å². The van der Waals surface area contributed by atoms with Gasteiger partial charge in [0.2, 0.25) is 5.91 Å². The predicted octanol–water partition coefficient (Wildman–Crippen LogP) is 14.0. The van der Waals surface area contributed by atoms with Gasteiger partial charge in [-0.1, -0.05) is 231 Å². The first kappa shape index (κ1) is 52.1. The zero-order valence-corrected chi connectivity index (χ0v) is 35.9. The molecule has 0 rings (SSSR count). The Hall–Kier alpha value is -0.910. The molecule has 0 aliphatic carbocycles. The van der Waals surface area contributed by atoms with Crippen LogP contribution in [0, 0.1) is 0 Å². The summed E-state index contributed by atoms with van der Waals surface area (Å²) in [5.41, 5.74) is 0. The molecule has 0 aromatic rings. The van der Waals surface area contributed by atoms with Crippen LogP contribution in [0.3, 0.4) is 0 Å². The average Bonchev–Trinajstić information content (AvgIpc) is 3.16. The lowest BCUT2D eigenvalue weighted by Crippen LogP contribution is -2.50. The van der Waals surface area contributed by atoms with Gasteiger partial charge in [-0.15, -0.1) is 0 Å². The number of rotatable bonds is 44. The minimum absolute atomic E-state index is 0.144. The van der Waals surface area contributed by atoms with Gasteiger partial charge in [0.1, 0.15) is 6.10 Å². The van der Waals surface area contributed by atoms with E-state index in [4.69, 9.17) is 0 Å². The highest BCUT2D eigenvalue weighted by Gasteiger charge is 2.26. The van der Waals surface area contributed by atoms with Gasteiger partial charge in [0.25, 0.3) is 0 Å². The van der Waals surface area contributed by atoms with E-state index in [0.29, 0.717) is 12.8 Å². The molecule has 3 unspecified atom stereocenters. The molecule has 0 fully saturated rings. The molecule has 5 nitrogen and oxygen atoms in total. The van der Waals surface area contributed by atoms with E-state index in [1.165, 1.54) is 199 Å². The summed E-state index contributed by atoms with van der Waals surface area (Å²) in [6.07, 6.45) is 52.2. The molecule has 0 saturated carbocycles. The van der Waals surface area contributed by atoms with Gasteiger partial charge in [-0.25, -0.2) is 0 Å². The summed E-state index contributed by atoms with van der Waals surface area (Å²) in [6.45, 7) is 4.16. The number of unbranched alkanes of at least 4 members (excludes halogenated alkanes) is 34. The van der Waals surface area contributed by atoms with Crippen LogP contribution in [0.15, 0.2) is 12.2 Å². The molecule has 0 radical (unpaired) electrons. The van der Waals surface area contributed by atoms with Crippen molar-refractivity contribution < 1.29 is 20.1 Å². The zero-order chi connectivity index (χ0) is 38.7. The lowest BCUT2D eigenvalue weighted by molar-refractivity contribution is -0.124. The summed E-state index contributed by atoms with van der Waals surface area (Å²) >= 11 is 0. The summed E-state index contributed by atoms with van der Waals surface area (Å²) in [7, 11) is 0. The Labute approximate surface area is 331 Å². The van der Waals surface area contributed by atoms with Crippen LogP contribution in [0.2, 0.25) is 0 Å². The molecule has 0 aliphatic heterocycles. The first-order valence-electron chi connectivity index (χ1n) is 24.0. The Balaban J connectivity index is 3.44. The second kappa shape index (κ2) is 43.8. The third-order valence-electron chi connectivity index (χ3n) is 11.4. The lowest BCUT2D eigenvalue weighted by atomic mass is 9.99. The maximum atomic E-state index is 12.4. The van der Waals surface area contributed by atoms with Crippen LogP contribution in [0.1, 0.15) is 264 Å². The van der Waals surface area contributed by atoms with Crippen molar-refractivity contribution in [3.8, 4) is 0 Å². The largest absolute Gasteiger partial charge is 0.394 e. The fourth-order valence-corrected chi connectivity index (χ4v) is 7.63. The number of aliphatic hydroxyl groups is 3. The molecule has 3 atom stereocenters. The van der Waals surface area contributed by atoms with Crippen LogP contribution >= 0.6 is 0 Å². The molecule has 0 aromatic carbocycles. The van der Waals surface area contributed by atoms with Gasteiger partial charge in [-0.2, -0.15) is 0 Å². The standard InChI is InChI=1S/C48H95NO4/c1-3-5-7-9-11-13-14-15-16-17-18-19-20-21-22-23-24-25-26-27-28-29-30-31-32-33-34-35-37-39-41-43-47(52)49-45(44-50)48(53)46(51)42-40-38-36-12-10-8-6-4-2/h21-22,45-46,48,50-51,53H,3-20,23-44H2,1-2H3,(H,49,52)/b22-21-. The van der Waals surface area contributed by atoms with Gasteiger partial charge in [0.05, 0.1) is 18.8 Å². The molecule has 1 amide bonds. The molecule has 316 valence electrons. The number of allylic oxidation sites excluding steroid dienone is 2. The minimum atomic E-state index is -1.13. The highest BCUT2D eigenvalue weighted by atomic mass is 16.3. The summed E-state index contributed by atoms with van der Waals surface area (Å²) in [6, 6.07) is -0.803. The molecule has 0 heterocycles.